The van der Waals surface area contributed by atoms with Crippen molar-refractivity contribution in [1.29, 1.82) is 0 Å². The van der Waals surface area contributed by atoms with Crippen molar-refractivity contribution >= 4 is 16.6 Å². The van der Waals surface area contributed by atoms with Gasteiger partial charge in [0.25, 0.3) is 0 Å². The Bertz CT molecular complexity index is 464. The van der Waals surface area contributed by atoms with E-state index in [1.54, 1.807) is 0 Å². The zero-order valence-corrected chi connectivity index (χ0v) is 11.5. The second-order valence-corrected chi connectivity index (χ2v) is 5.85. The highest BCUT2D eigenvalue weighted by molar-refractivity contribution is 6.49. The van der Waals surface area contributed by atoms with Gasteiger partial charge < -0.3 is 0 Å². The molecule has 0 aliphatic heterocycles. The van der Waals surface area contributed by atoms with Crippen LogP contribution in [0.25, 0.3) is 5.03 Å². The summed E-state index contributed by atoms with van der Waals surface area (Å²) in [4.78, 5) is 0. The van der Waals surface area contributed by atoms with Crippen LogP contribution in [0, 0.1) is 5.41 Å². The van der Waals surface area contributed by atoms with Crippen molar-refractivity contribution in [3.63, 3.8) is 0 Å². The first-order valence-electron chi connectivity index (χ1n) is 6.11. The van der Waals surface area contributed by atoms with E-state index in [9.17, 15) is 0 Å². The molecule has 0 nitrogen and oxygen atoms in total. The molecule has 1 aromatic carbocycles. The minimum Gasteiger partial charge on any atom is -0.0837 e. The number of hydrogen-bond donors (Lipinski definition) is 0. The molecule has 1 aromatic rings. The Morgan fingerprint density at radius 3 is 2.41 bits per heavy atom. The molecule has 17 heavy (non-hydrogen) atoms. The molecule has 0 unspecified atom stereocenters. The second-order valence-electron chi connectivity index (χ2n) is 5.47. The molecule has 0 fully saturated rings. The van der Waals surface area contributed by atoms with Crippen LogP contribution in [0.2, 0.25) is 0 Å². The van der Waals surface area contributed by atoms with Crippen LogP contribution in [0.4, 0.5) is 0 Å². The van der Waals surface area contributed by atoms with Gasteiger partial charge >= 0.3 is 0 Å². The SMILES string of the molecule is CC1=CC/C(=C(\Cl)c2ccccc2)C(C)(C)C1. The summed E-state index contributed by atoms with van der Waals surface area (Å²) in [7, 11) is 0. The Labute approximate surface area is 109 Å². The van der Waals surface area contributed by atoms with E-state index >= 15 is 0 Å². The minimum absolute atomic E-state index is 0.172. The molecule has 0 saturated carbocycles. The van der Waals surface area contributed by atoms with E-state index in [1.165, 1.54) is 11.1 Å². The summed E-state index contributed by atoms with van der Waals surface area (Å²) in [6.45, 7) is 6.77. The van der Waals surface area contributed by atoms with Crippen LogP contribution in [0.15, 0.2) is 47.6 Å². The van der Waals surface area contributed by atoms with Crippen LogP contribution in [0.3, 0.4) is 0 Å². The molecule has 1 aliphatic rings. The fourth-order valence-electron chi connectivity index (χ4n) is 2.57. The average Bonchev–Trinajstić information content (AvgIpc) is 2.28. The number of allylic oxidation sites excluding steroid dienone is 3. The topological polar surface area (TPSA) is 0 Å². The third-order valence-corrected chi connectivity index (χ3v) is 3.93. The van der Waals surface area contributed by atoms with Crippen molar-refractivity contribution in [3.8, 4) is 0 Å². The van der Waals surface area contributed by atoms with E-state index in [0.717, 1.165) is 23.4 Å². The largest absolute Gasteiger partial charge is 0.0837 e. The van der Waals surface area contributed by atoms with Gasteiger partial charge in [-0.1, -0.05) is 67.4 Å². The third kappa shape index (κ3) is 2.63. The molecule has 0 amide bonds. The maximum atomic E-state index is 6.57. The number of hydrogen-bond acceptors (Lipinski definition) is 0. The molecule has 1 aliphatic carbocycles. The molecule has 1 heteroatoms. The van der Waals surface area contributed by atoms with E-state index in [4.69, 9.17) is 11.6 Å². The second kappa shape index (κ2) is 4.70. The van der Waals surface area contributed by atoms with E-state index in [0.29, 0.717) is 0 Å². The van der Waals surface area contributed by atoms with Crippen LogP contribution in [0.1, 0.15) is 39.2 Å². The number of rotatable bonds is 1. The van der Waals surface area contributed by atoms with Crippen molar-refractivity contribution in [2.45, 2.75) is 33.6 Å². The summed E-state index contributed by atoms with van der Waals surface area (Å²) >= 11 is 6.57. The molecule has 2 rings (SSSR count). The first kappa shape index (κ1) is 12.4. The fourth-order valence-corrected chi connectivity index (χ4v) is 3.03. The lowest BCUT2D eigenvalue weighted by molar-refractivity contribution is 0.423. The maximum absolute atomic E-state index is 6.57. The summed E-state index contributed by atoms with van der Waals surface area (Å²) in [5.41, 5.74) is 4.13. The quantitative estimate of drug-likeness (QED) is 0.582. The predicted molar refractivity (Wildman–Crippen MR) is 76.0 cm³/mol. The molecular weight excluding hydrogens is 228 g/mol. The summed E-state index contributed by atoms with van der Waals surface area (Å²) < 4.78 is 0. The highest BCUT2D eigenvalue weighted by Gasteiger charge is 2.28. The van der Waals surface area contributed by atoms with Gasteiger partial charge in [-0.25, -0.2) is 0 Å². The van der Waals surface area contributed by atoms with Crippen molar-refractivity contribution in [2.75, 3.05) is 0 Å². The van der Waals surface area contributed by atoms with Gasteiger partial charge in [0.05, 0.1) is 0 Å². The normalized spacial score (nSPS) is 22.0. The van der Waals surface area contributed by atoms with Crippen molar-refractivity contribution in [3.05, 3.63) is 53.1 Å². The van der Waals surface area contributed by atoms with Gasteiger partial charge in [0.1, 0.15) is 0 Å². The zero-order chi connectivity index (χ0) is 12.5. The van der Waals surface area contributed by atoms with E-state index in [2.05, 4.69) is 39.0 Å². The predicted octanol–water partition coefficient (Wildman–Crippen LogP) is 5.40. The van der Waals surface area contributed by atoms with Gasteiger partial charge in [0.2, 0.25) is 0 Å². The van der Waals surface area contributed by atoms with Crippen LogP contribution in [0.5, 0.6) is 0 Å². The summed E-state index contributed by atoms with van der Waals surface area (Å²) in [6, 6.07) is 10.3. The molecule has 0 atom stereocenters. The molecule has 0 spiro atoms. The molecule has 0 aromatic heterocycles. The van der Waals surface area contributed by atoms with Crippen molar-refractivity contribution < 1.29 is 0 Å². The molecule has 0 saturated heterocycles. The number of halogens is 1. The first-order valence-corrected chi connectivity index (χ1v) is 6.49. The van der Waals surface area contributed by atoms with Gasteiger partial charge in [-0.05, 0) is 36.3 Å². The standard InChI is InChI=1S/C16H19Cl/c1-12-9-10-14(16(2,3)11-12)15(17)13-7-5-4-6-8-13/h4-9H,10-11H2,1-3H3/b15-14+. The lowest BCUT2D eigenvalue weighted by Crippen LogP contribution is -2.19. The molecule has 90 valence electrons. The van der Waals surface area contributed by atoms with Crippen LogP contribution in [-0.4, -0.2) is 0 Å². The molecule has 0 N–H and O–H groups in total. The zero-order valence-electron chi connectivity index (χ0n) is 10.8. The van der Waals surface area contributed by atoms with Gasteiger partial charge in [0, 0.05) is 5.03 Å². The van der Waals surface area contributed by atoms with Crippen LogP contribution in [-0.2, 0) is 0 Å². The average molecular weight is 247 g/mol. The monoisotopic (exact) mass is 246 g/mol. The Hall–Kier alpha value is -1.01. The lowest BCUT2D eigenvalue weighted by Gasteiger charge is -2.33. The summed E-state index contributed by atoms with van der Waals surface area (Å²) in [5.74, 6) is 0. The van der Waals surface area contributed by atoms with Gasteiger partial charge in [-0.2, -0.15) is 0 Å². The maximum Gasteiger partial charge on any atom is 0.0479 e. The lowest BCUT2D eigenvalue weighted by atomic mass is 9.73. The Balaban J connectivity index is 2.45. The summed E-state index contributed by atoms with van der Waals surface area (Å²) in [6.07, 6.45) is 4.38. The van der Waals surface area contributed by atoms with E-state index < -0.39 is 0 Å². The number of benzene rings is 1. The third-order valence-electron chi connectivity index (χ3n) is 3.48. The van der Waals surface area contributed by atoms with Gasteiger partial charge in [-0.15, -0.1) is 0 Å². The molecule has 0 heterocycles. The Morgan fingerprint density at radius 2 is 1.82 bits per heavy atom. The summed E-state index contributed by atoms with van der Waals surface area (Å²) in [5, 5.41) is 0.930. The molecule has 0 bridgehead atoms. The highest BCUT2D eigenvalue weighted by atomic mass is 35.5. The van der Waals surface area contributed by atoms with Crippen molar-refractivity contribution in [1.82, 2.24) is 0 Å². The van der Waals surface area contributed by atoms with E-state index in [1.807, 2.05) is 18.2 Å². The highest BCUT2D eigenvalue weighted by Crippen LogP contribution is 2.44. The van der Waals surface area contributed by atoms with Gasteiger partial charge in [-0.3, -0.25) is 0 Å². The molecule has 0 radical (unpaired) electrons. The smallest absolute Gasteiger partial charge is 0.0479 e. The minimum atomic E-state index is 0.172. The Kier molecular flexibility index (Phi) is 3.44. The fraction of sp³-hybridized carbons (Fsp3) is 0.375. The van der Waals surface area contributed by atoms with Crippen LogP contribution >= 0.6 is 11.6 Å². The van der Waals surface area contributed by atoms with Crippen LogP contribution < -0.4 is 0 Å². The molecular formula is C16H19Cl. The van der Waals surface area contributed by atoms with Gasteiger partial charge in [0.15, 0.2) is 0 Å². The van der Waals surface area contributed by atoms with Crippen molar-refractivity contribution in [2.24, 2.45) is 5.41 Å². The first-order chi connectivity index (χ1) is 8.00. The van der Waals surface area contributed by atoms with E-state index in [-0.39, 0.29) is 5.41 Å². The Morgan fingerprint density at radius 1 is 1.18 bits per heavy atom.